The molecule has 0 aromatic heterocycles. The summed E-state index contributed by atoms with van der Waals surface area (Å²) in [5.41, 5.74) is 0. The zero-order valence-electron chi connectivity index (χ0n) is 8.91. The summed E-state index contributed by atoms with van der Waals surface area (Å²) < 4.78 is 10.4. The predicted molar refractivity (Wildman–Crippen MR) is 53.1 cm³/mol. The Kier molecular flexibility index (Phi) is 4.90. The molecular weight excluding hydrogens is 182 g/mol. The monoisotopic (exact) mass is 201 g/mol. The van der Waals surface area contributed by atoms with Crippen molar-refractivity contribution in [2.45, 2.75) is 38.8 Å². The molecule has 82 valence electrons. The normalized spacial score (nSPS) is 27.3. The topological polar surface area (TPSA) is 47.6 Å². The lowest BCUT2D eigenvalue weighted by molar-refractivity contribution is -0.127. The van der Waals surface area contributed by atoms with Gasteiger partial charge < -0.3 is 14.8 Å². The minimum Gasteiger partial charge on any atom is -0.378 e. The second-order valence-electron chi connectivity index (χ2n) is 3.61. The van der Waals surface area contributed by atoms with Gasteiger partial charge in [0.1, 0.15) is 6.61 Å². The van der Waals surface area contributed by atoms with E-state index in [9.17, 15) is 4.79 Å². The van der Waals surface area contributed by atoms with Crippen LogP contribution in [0.15, 0.2) is 0 Å². The molecule has 1 fully saturated rings. The number of carbonyl (C=O) groups excluding carboxylic acids is 1. The van der Waals surface area contributed by atoms with Gasteiger partial charge in [0.2, 0.25) is 5.91 Å². The average Bonchev–Trinajstić information content (AvgIpc) is 2.15. The summed E-state index contributed by atoms with van der Waals surface area (Å²) in [5, 5.41) is 2.94. The Hall–Kier alpha value is -0.610. The number of carbonyl (C=O) groups is 1. The highest BCUT2D eigenvalue weighted by Crippen LogP contribution is 2.12. The lowest BCUT2D eigenvalue weighted by Crippen LogP contribution is -2.42. The molecule has 1 heterocycles. The zero-order valence-corrected chi connectivity index (χ0v) is 8.91. The van der Waals surface area contributed by atoms with E-state index in [-0.39, 0.29) is 24.7 Å². The summed E-state index contributed by atoms with van der Waals surface area (Å²) in [6.07, 6.45) is 2.06. The average molecular weight is 201 g/mol. The van der Waals surface area contributed by atoms with Crippen molar-refractivity contribution in [3.05, 3.63) is 0 Å². The van der Waals surface area contributed by atoms with E-state index in [4.69, 9.17) is 9.47 Å². The minimum absolute atomic E-state index is 0.0223. The van der Waals surface area contributed by atoms with Crippen molar-refractivity contribution in [3.8, 4) is 0 Å². The maximum Gasteiger partial charge on any atom is 0.246 e. The van der Waals surface area contributed by atoms with Gasteiger partial charge in [-0.3, -0.25) is 4.79 Å². The van der Waals surface area contributed by atoms with Crippen molar-refractivity contribution in [2.24, 2.45) is 0 Å². The van der Waals surface area contributed by atoms with Gasteiger partial charge in [0, 0.05) is 19.3 Å². The first-order valence-electron chi connectivity index (χ1n) is 5.21. The molecule has 0 saturated carbocycles. The third-order valence-corrected chi connectivity index (χ3v) is 2.29. The molecule has 0 bridgehead atoms. The SMILES string of the molecule is CCOCC(=O)NC1CCOC(C)C1. The Morgan fingerprint density at radius 1 is 1.64 bits per heavy atom. The summed E-state index contributed by atoms with van der Waals surface area (Å²) >= 11 is 0. The van der Waals surface area contributed by atoms with E-state index >= 15 is 0 Å². The van der Waals surface area contributed by atoms with Gasteiger partial charge >= 0.3 is 0 Å². The molecule has 14 heavy (non-hydrogen) atoms. The molecule has 1 rings (SSSR count). The molecule has 0 aromatic carbocycles. The van der Waals surface area contributed by atoms with Crippen LogP contribution in [0, 0.1) is 0 Å². The van der Waals surface area contributed by atoms with E-state index in [1.165, 1.54) is 0 Å². The number of amides is 1. The molecule has 0 aromatic rings. The largest absolute Gasteiger partial charge is 0.378 e. The molecule has 2 unspecified atom stereocenters. The highest BCUT2D eigenvalue weighted by molar-refractivity contribution is 5.77. The third-order valence-electron chi connectivity index (χ3n) is 2.29. The van der Waals surface area contributed by atoms with Gasteiger partial charge in [-0.2, -0.15) is 0 Å². The van der Waals surface area contributed by atoms with Crippen molar-refractivity contribution >= 4 is 5.91 Å². The summed E-state index contributed by atoms with van der Waals surface area (Å²) in [6.45, 7) is 5.39. The number of rotatable bonds is 4. The van der Waals surface area contributed by atoms with E-state index in [0.717, 1.165) is 19.4 Å². The van der Waals surface area contributed by atoms with Gasteiger partial charge in [-0.05, 0) is 26.7 Å². The molecule has 1 amide bonds. The number of ether oxygens (including phenoxy) is 2. The van der Waals surface area contributed by atoms with Crippen LogP contribution >= 0.6 is 0 Å². The van der Waals surface area contributed by atoms with E-state index < -0.39 is 0 Å². The van der Waals surface area contributed by atoms with Crippen LogP contribution in [0.3, 0.4) is 0 Å². The quantitative estimate of drug-likeness (QED) is 0.728. The van der Waals surface area contributed by atoms with Crippen LogP contribution < -0.4 is 5.32 Å². The van der Waals surface area contributed by atoms with Crippen LogP contribution in [0.25, 0.3) is 0 Å². The fourth-order valence-corrected chi connectivity index (χ4v) is 1.59. The fourth-order valence-electron chi connectivity index (χ4n) is 1.59. The molecule has 2 atom stereocenters. The summed E-state index contributed by atoms with van der Waals surface area (Å²) in [6, 6.07) is 0.256. The summed E-state index contributed by atoms with van der Waals surface area (Å²) in [4.78, 5) is 11.3. The van der Waals surface area contributed by atoms with Crippen LogP contribution in [0.1, 0.15) is 26.7 Å². The summed E-state index contributed by atoms with van der Waals surface area (Å²) in [7, 11) is 0. The van der Waals surface area contributed by atoms with Crippen LogP contribution in [0.5, 0.6) is 0 Å². The standard InChI is InChI=1S/C10H19NO3/c1-3-13-7-10(12)11-9-4-5-14-8(2)6-9/h8-9H,3-7H2,1-2H3,(H,11,12). The second-order valence-corrected chi connectivity index (χ2v) is 3.61. The highest BCUT2D eigenvalue weighted by atomic mass is 16.5. The molecule has 0 spiro atoms. The number of hydrogen-bond acceptors (Lipinski definition) is 3. The lowest BCUT2D eigenvalue weighted by Gasteiger charge is -2.27. The molecule has 4 heteroatoms. The van der Waals surface area contributed by atoms with E-state index in [1.54, 1.807) is 0 Å². The van der Waals surface area contributed by atoms with Gasteiger partial charge in [0.25, 0.3) is 0 Å². The van der Waals surface area contributed by atoms with Crippen LogP contribution in [0.2, 0.25) is 0 Å². The van der Waals surface area contributed by atoms with Gasteiger partial charge in [-0.25, -0.2) is 0 Å². The Morgan fingerprint density at radius 3 is 3.07 bits per heavy atom. The molecule has 0 radical (unpaired) electrons. The Balaban J connectivity index is 2.18. The molecule has 0 aliphatic carbocycles. The van der Waals surface area contributed by atoms with Gasteiger partial charge in [-0.15, -0.1) is 0 Å². The highest BCUT2D eigenvalue weighted by Gasteiger charge is 2.20. The minimum atomic E-state index is -0.0223. The van der Waals surface area contributed by atoms with Crippen molar-refractivity contribution in [2.75, 3.05) is 19.8 Å². The molecule has 1 aliphatic rings. The van der Waals surface area contributed by atoms with Crippen molar-refractivity contribution in [1.82, 2.24) is 5.32 Å². The number of hydrogen-bond donors (Lipinski definition) is 1. The van der Waals surface area contributed by atoms with Crippen LogP contribution in [0.4, 0.5) is 0 Å². The first-order chi connectivity index (χ1) is 6.72. The second kappa shape index (κ2) is 5.98. The smallest absolute Gasteiger partial charge is 0.246 e. The van der Waals surface area contributed by atoms with Crippen molar-refractivity contribution in [3.63, 3.8) is 0 Å². The Morgan fingerprint density at radius 2 is 2.43 bits per heavy atom. The van der Waals surface area contributed by atoms with E-state index in [2.05, 4.69) is 5.32 Å². The molecule has 4 nitrogen and oxygen atoms in total. The molecule has 1 aliphatic heterocycles. The Labute approximate surface area is 85.0 Å². The molecular formula is C10H19NO3. The molecule has 1 N–H and O–H groups in total. The number of nitrogens with one attached hydrogen (secondary N) is 1. The van der Waals surface area contributed by atoms with E-state index in [1.807, 2.05) is 13.8 Å². The van der Waals surface area contributed by atoms with Gasteiger partial charge in [0.15, 0.2) is 0 Å². The Bertz CT molecular complexity index is 184. The lowest BCUT2D eigenvalue weighted by atomic mass is 10.0. The third kappa shape index (κ3) is 4.07. The van der Waals surface area contributed by atoms with Gasteiger partial charge in [-0.1, -0.05) is 0 Å². The predicted octanol–water partition coefficient (Wildman–Crippen LogP) is 0.707. The van der Waals surface area contributed by atoms with Crippen LogP contribution in [-0.2, 0) is 14.3 Å². The summed E-state index contributed by atoms with van der Waals surface area (Å²) in [5.74, 6) is -0.0223. The fraction of sp³-hybridized carbons (Fsp3) is 0.900. The van der Waals surface area contributed by atoms with Gasteiger partial charge in [0.05, 0.1) is 6.10 Å². The zero-order chi connectivity index (χ0) is 10.4. The maximum atomic E-state index is 11.3. The molecule has 1 saturated heterocycles. The first kappa shape index (κ1) is 11.5. The van der Waals surface area contributed by atoms with Crippen molar-refractivity contribution < 1.29 is 14.3 Å². The van der Waals surface area contributed by atoms with E-state index in [0.29, 0.717) is 6.61 Å². The van der Waals surface area contributed by atoms with Crippen LogP contribution in [-0.4, -0.2) is 37.9 Å². The van der Waals surface area contributed by atoms with Crippen molar-refractivity contribution in [1.29, 1.82) is 0 Å². The maximum absolute atomic E-state index is 11.3. The first-order valence-corrected chi connectivity index (χ1v) is 5.21.